The normalized spacial score (nSPS) is 20.5. The fourth-order valence-electron chi connectivity index (χ4n) is 2.58. The van der Waals surface area contributed by atoms with Crippen LogP contribution in [0.1, 0.15) is 32.3 Å². The highest BCUT2D eigenvalue weighted by molar-refractivity contribution is 5.79. The van der Waals surface area contributed by atoms with Crippen LogP contribution < -0.4 is 15.4 Å². The molecule has 2 heterocycles. The van der Waals surface area contributed by atoms with E-state index in [4.69, 9.17) is 14.2 Å². The van der Waals surface area contributed by atoms with E-state index in [0.29, 0.717) is 25.6 Å². The number of nitrogens with zero attached hydrogens (tertiary/aromatic N) is 2. The molecule has 1 unspecified atom stereocenters. The largest absolute Gasteiger partial charge is 0.475 e. The first kappa shape index (κ1) is 19.5. The topological polar surface area (TPSA) is 77.0 Å². The average molecular weight is 350 g/mol. The summed E-state index contributed by atoms with van der Waals surface area (Å²) in [6.45, 7) is 8.21. The zero-order chi connectivity index (χ0) is 18.0. The highest BCUT2D eigenvalue weighted by Crippen LogP contribution is 2.23. The maximum atomic E-state index is 5.81. The van der Waals surface area contributed by atoms with E-state index in [1.807, 2.05) is 12.1 Å². The van der Waals surface area contributed by atoms with Gasteiger partial charge in [-0.15, -0.1) is 0 Å². The first-order valence-electron chi connectivity index (χ1n) is 8.88. The smallest absolute Gasteiger partial charge is 0.213 e. The molecule has 7 nitrogen and oxygen atoms in total. The zero-order valence-corrected chi connectivity index (χ0v) is 15.5. The van der Waals surface area contributed by atoms with Gasteiger partial charge in [-0.2, -0.15) is 0 Å². The predicted molar refractivity (Wildman–Crippen MR) is 98.0 cm³/mol. The van der Waals surface area contributed by atoms with Crippen molar-refractivity contribution < 1.29 is 14.2 Å². The summed E-state index contributed by atoms with van der Waals surface area (Å²) in [5.41, 5.74) is 0.929. The Morgan fingerprint density at radius 2 is 2.24 bits per heavy atom. The number of hydrogen-bond acceptors (Lipinski definition) is 5. The number of pyridine rings is 1. The van der Waals surface area contributed by atoms with Crippen LogP contribution in [-0.4, -0.2) is 56.6 Å². The van der Waals surface area contributed by atoms with Crippen molar-refractivity contribution in [3.8, 4) is 5.88 Å². The van der Waals surface area contributed by atoms with Crippen LogP contribution in [0.4, 0.5) is 0 Å². The minimum atomic E-state index is -0.0983. The third-order valence-electron chi connectivity index (χ3n) is 4.03. The molecule has 0 spiro atoms. The Labute approximate surface area is 150 Å². The van der Waals surface area contributed by atoms with E-state index < -0.39 is 0 Å². The molecule has 1 atom stereocenters. The Balaban J connectivity index is 1.84. The summed E-state index contributed by atoms with van der Waals surface area (Å²) in [7, 11) is 1.65. The van der Waals surface area contributed by atoms with Crippen molar-refractivity contribution in [2.24, 2.45) is 4.99 Å². The molecule has 0 aliphatic carbocycles. The molecule has 7 heteroatoms. The molecule has 25 heavy (non-hydrogen) atoms. The van der Waals surface area contributed by atoms with Gasteiger partial charge in [0.2, 0.25) is 5.88 Å². The Hall–Kier alpha value is -1.86. The Morgan fingerprint density at radius 3 is 2.88 bits per heavy atom. The van der Waals surface area contributed by atoms with Gasteiger partial charge in [-0.3, -0.25) is 0 Å². The number of guanidine groups is 1. The molecule has 2 rings (SSSR count). The molecule has 1 saturated heterocycles. The van der Waals surface area contributed by atoms with Crippen LogP contribution in [0.25, 0.3) is 0 Å². The van der Waals surface area contributed by atoms with E-state index in [-0.39, 0.29) is 5.60 Å². The summed E-state index contributed by atoms with van der Waals surface area (Å²) < 4.78 is 16.2. The minimum Gasteiger partial charge on any atom is -0.475 e. The van der Waals surface area contributed by atoms with E-state index >= 15 is 0 Å². The van der Waals surface area contributed by atoms with Crippen LogP contribution in [-0.2, 0) is 16.0 Å². The molecule has 1 aliphatic rings. The van der Waals surface area contributed by atoms with Gasteiger partial charge in [0.05, 0.1) is 18.8 Å². The van der Waals surface area contributed by atoms with Crippen LogP contribution in [0.15, 0.2) is 23.3 Å². The molecular formula is C18H30N4O3. The van der Waals surface area contributed by atoms with Crippen molar-refractivity contribution >= 4 is 5.96 Å². The summed E-state index contributed by atoms with van der Waals surface area (Å²) in [5.74, 6) is 1.39. The van der Waals surface area contributed by atoms with Gasteiger partial charge in [0.25, 0.3) is 0 Å². The third kappa shape index (κ3) is 6.88. The second kappa shape index (κ2) is 10.2. The maximum absolute atomic E-state index is 5.81. The molecule has 0 saturated carbocycles. The van der Waals surface area contributed by atoms with Gasteiger partial charge in [0.15, 0.2) is 5.96 Å². The first-order valence-corrected chi connectivity index (χ1v) is 8.88. The zero-order valence-electron chi connectivity index (χ0n) is 15.5. The van der Waals surface area contributed by atoms with Crippen LogP contribution in [0, 0.1) is 0 Å². The lowest BCUT2D eigenvalue weighted by Gasteiger charge is -2.24. The lowest BCUT2D eigenvalue weighted by molar-refractivity contribution is 0.0243. The van der Waals surface area contributed by atoms with E-state index in [0.717, 1.165) is 44.1 Å². The van der Waals surface area contributed by atoms with Crippen molar-refractivity contribution in [3.05, 3.63) is 23.9 Å². The number of nitrogens with one attached hydrogen (secondary N) is 2. The summed E-state index contributed by atoms with van der Waals surface area (Å²) in [6, 6.07) is 3.83. The van der Waals surface area contributed by atoms with Crippen molar-refractivity contribution in [2.75, 3.05) is 40.0 Å². The van der Waals surface area contributed by atoms with E-state index in [9.17, 15) is 0 Å². The predicted octanol–water partition coefficient (Wildman–Crippen LogP) is 1.73. The monoisotopic (exact) mass is 350 g/mol. The molecule has 0 radical (unpaired) electrons. The molecule has 1 aromatic rings. The van der Waals surface area contributed by atoms with Gasteiger partial charge in [-0.1, -0.05) is 6.07 Å². The Bertz CT molecular complexity index is 528. The Kier molecular flexibility index (Phi) is 7.94. The second-order valence-corrected chi connectivity index (χ2v) is 6.30. The molecule has 2 N–H and O–H groups in total. The summed E-state index contributed by atoms with van der Waals surface area (Å²) in [4.78, 5) is 8.91. The molecule has 1 fully saturated rings. The van der Waals surface area contributed by atoms with Gasteiger partial charge in [-0.05, 0) is 32.3 Å². The molecule has 1 aliphatic heterocycles. The molecule has 0 bridgehead atoms. The maximum Gasteiger partial charge on any atom is 0.213 e. The van der Waals surface area contributed by atoms with Gasteiger partial charge >= 0.3 is 0 Å². The number of aliphatic imine (C=N–C) groups is 1. The van der Waals surface area contributed by atoms with Crippen molar-refractivity contribution in [2.45, 2.75) is 38.8 Å². The number of hydrogen-bond donors (Lipinski definition) is 2. The van der Waals surface area contributed by atoms with Gasteiger partial charge < -0.3 is 24.8 Å². The van der Waals surface area contributed by atoms with Gasteiger partial charge in [0, 0.05) is 39.1 Å². The van der Waals surface area contributed by atoms with Crippen molar-refractivity contribution in [3.63, 3.8) is 0 Å². The molecule has 1 aromatic heterocycles. The summed E-state index contributed by atoms with van der Waals surface area (Å²) >= 11 is 0. The molecule has 0 aromatic carbocycles. The van der Waals surface area contributed by atoms with E-state index in [1.54, 1.807) is 13.3 Å². The lowest BCUT2D eigenvalue weighted by Crippen LogP contribution is -2.45. The highest BCUT2D eigenvalue weighted by atomic mass is 16.5. The van der Waals surface area contributed by atoms with Crippen LogP contribution in [0.3, 0.4) is 0 Å². The lowest BCUT2D eigenvalue weighted by atomic mass is 10.0. The average Bonchev–Trinajstić information content (AvgIpc) is 3.06. The fraction of sp³-hybridized carbons (Fsp3) is 0.667. The minimum absolute atomic E-state index is 0.0983. The van der Waals surface area contributed by atoms with Gasteiger partial charge in [0.1, 0.15) is 6.61 Å². The van der Waals surface area contributed by atoms with Crippen molar-refractivity contribution in [1.29, 1.82) is 0 Å². The van der Waals surface area contributed by atoms with E-state index in [2.05, 4.69) is 34.5 Å². The molecular weight excluding hydrogens is 320 g/mol. The number of methoxy groups -OCH3 is 1. The molecule has 140 valence electrons. The number of aromatic nitrogens is 1. The fourth-order valence-corrected chi connectivity index (χ4v) is 2.58. The second-order valence-electron chi connectivity index (χ2n) is 6.30. The van der Waals surface area contributed by atoms with Gasteiger partial charge in [-0.25, -0.2) is 9.98 Å². The SMILES string of the molecule is CCNC(=NCc1ccc(OCCOC)nc1)NCC1(C)CCCO1. The Morgan fingerprint density at radius 1 is 1.36 bits per heavy atom. The third-order valence-corrected chi connectivity index (χ3v) is 4.03. The quantitative estimate of drug-likeness (QED) is 0.401. The van der Waals surface area contributed by atoms with Crippen LogP contribution in [0.5, 0.6) is 5.88 Å². The molecule has 0 amide bonds. The summed E-state index contributed by atoms with van der Waals surface area (Å²) in [6.07, 6.45) is 3.99. The first-order chi connectivity index (χ1) is 12.1. The van der Waals surface area contributed by atoms with Crippen molar-refractivity contribution in [1.82, 2.24) is 15.6 Å². The van der Waals surface area contributed by atoms with E-state index in [1.165, 1.54) is 0 Å². The number of rotatable bonds is 9. The van der Waals surface area contributed by atoms with Crippen LogP contribution in [0.2, 0.25) is 0 Å². The summed E-state index contributed by atoms with van der Waals surface area (Å²) in [5, 5.41) is 6.64. The van der Waals surface area contributed by atoms with Crippen LogP contribution >= 0.6 is 0 Å². The standard InChI is InChI=1S/C18H30N4O3/c1-4-19-17(22-14-18(2)8-5-9-25-18)21-13-15-6-7-16(20-12-15)24-11-10-23-3/h6-7,12H,4-5,8-11,13-14H2,1-3H3,(H2,19,21,22). The highest BCUT2D eigenvalue weighted by Gasteiger charge is 2.29. The number of ether oxygens (including phenoxy) is 3.